The highest BCUT2D eigenvalue weighted by Crippen LogP contribution is 2.45. The van der Waals surface area contributed by atoms with Gasteiger partial charge in [-0.25, -0.2) is 0 Å². The number of hydrogen-bond donors (Lipinski definition) is 0. The van der Waals surface area contributed by atoms with E-state index in [-0.39, 0.29) is 0 Å². The first-order valence-corrected chi connectivity index (χ1v) is 19.0. The number of furan rings is 1. The highest BCUT2D eigenvalue weighted by molar-refractivity contribution is 7.99. The van der Waals surface area contributed by atoms with Gasteiger partial charge in [-0.2, -0.15) is 0 Å². The third-order valence-electron chi connectivity index (χ3n) is 9.75. The minimum atomic E-state index is 0.914. The molecular formula is C48H31NOS2. The molecule has 0 spiro atoms. The Morgan fingerprint density at radius 3 is 1.71 bits per heavy atom. The normalized spacial score (nSPS) is 11.5. The van der Waals surface area contributed by atoms with Crippen LogP contribution in [-0.2, 0) is 0 Å². The van der Waals surface area contributed by atoms with Crippen LogP contribution in [0.25, 0.3) is 64.4 Å². The van der Waals surface area contributed by atoms with E-state index in [0.717, 1.165) is 33.8 Å². The van der Waals surface area contributed by atoms with Gasteiger partial charge in [-0.15, -0.1) is 11.3 Å². The Balaban J connectivity index is 1.00. The van der Waals surface area contributed by atoms with Crippen LogP contribution in [0.3, 0.4) is 0 Å². The molecule has 0 aliphatic heterocycles. The fourth-order valence-electron chi connectivity index (χ4n) is 7.28. The van der Waals surface area contributed by atoms with Crippen LogP contribution in [-0.4, -0.2) is 0 Å². The molecule has 0 bridgehead atoms. The third kappa shape index (κ3) is 5.45. The van der Waals surface area contributed by atoms with Gasteiger partial charge in [0.05, 0.1) is 0 Å². The van der Waals surface area contributed by atoms with Crippen LogP contribution in [0.4, 0.5) is 17.1 Å². The summed E-state index contributed by atoms with van der Waals surface area (Å²) >= 11 is 3.63. The Morgan fingerprint density at radius 2 is 0.981 bits per heavy atom. The molecule has 4 heteroatoms. The molecule has 0 aliphatic rings. The van der Waals surface area contributed by atoms with Gasteiger partial charge in [-0.05, 0) is 107 Å². The zero-order chi connectivity index (χ0) is 34.4. The second-order valence-corrected chi connectivity index (χ2v) is 15.1. The van der Waals surface area contributed by atoms with Crippen molar-refractivity contribution in [3.05, 3.63) is 188 Å². The monoisotopic (exact) mass is 701 g/mol. The largest absolute Gasteiger partial charge is 0.456 e. The van der Waals surface area contributed by atoms with E-state index in [4.69, 9.17) is 4.42 Å². The molecule has 0 radical (unpaired) electrons. The van der Waals surface area contributed by atoms with Gasteiger partial charge in [0.25, 0.3) is 0 Å². The second-order valence-electron chi connectivity index (χ2n) is 12.9. The average molecular weight is 702 g/mol. The quantitative estimate of drug-likeness (QED) is 0.165. The van der Waals surface area contributed by atoms with Gasteiger partial charge in [-0.3, -0.25) is 0 Å². The third-order valence-corrected chi connectivity index (χ3v) is 12.0. The molecule has 2 nitrogen and oxygen atoms in total. The highest BCUT2D eigenvalue weighted by atomic mass is 32.2. The summed E-state index contributed by atoms with van der Waals surface area (Å²) in [6, 6.07) is 67.2. The summed E-state index contributed by atoms with van der Waals surface area (Å²) in [6.45, 7) is 0. The second kappa shape index (κ2) is 12.9. The molecule has 0 atom stereocenters. The lowest BCUT2D eigenvalue weighted by atomic mass is 9.98. The van der Waals surface area contributed by atoms with E-state index in [9.17, 15) is 0 Å². The molecule has 8 aromatic carbocycles. The molecule has 246 valence electrons. The minimum absolute atomic E-state index is 0.914. The zero-order valence-corrected chi connectivity index (χ0v) is 29.7. The first-order valence-electron chi connectivity index (χ1n) is 17.4. The predicted molar refractivity (Wildman–Crippen MR) is 223 cm³/mol. The molecule has 0 N–H and O–H groups in total. The summed E-state index contributed by atoms with van der Waals surface area (Å²) in [5.41, 5.74) is 9.89. The van der Waals surface area contributed by atoms with Crippen molar-refractivity contribution in [2.24, 2.45) is 0 Å². The van der Waals surface area contributed by atoms with Crippen molar-refractivity contribution < 1.29 is 4.42 Å². The van der Waals surface area contributed by atoms with Gasteiger partial charge >= 0.3 is 0 Å². The van der Waals surface area contributed by atoms with Gasteiger partial charge < -0.3 is 9.32 Å². The molecule has 2 aromatic heterocycles. The van der Waals surface area contributed by atoms with Crippen LogP contribution in [0.15, 0.2) is 202 Å². The highest BCUT2D eigenvalue weighted by Gasteiger charge is 2.19. The molecule has 0 aliphatic carbocycles. The van der Waals surface area contributed by atoms with Crippen molar-refractivity contribution in [1.82, 2.24) is 0 Å². The Hall–Kier alpha value is -6.07. The van der Waals surface area contributed by atoms with Crippen LogP contribution in [0.2, 0.25) is 0 Å². The molecule has 2 heterocycles. The van der Waals surface area contributed by atoms with Crippen molar-refractivity contribution in [2.75, 3.05) is 4.90 Å². The molecule has 0 fully saturated rings. The van der Waals surface area contributed by atoms with Crippen LogP contribution >= 0.6 is 23.1 Å². The standard InChI is InChI=1S/C48H31NOS2/c1-3-10-35(11-4-1)49(36-24-18-32(19-25-36)33-22-28-39(29-23-33)51-38-12-5-2-6-13-38)37-26-20-34(21-27-37)40-15-9-16-43-46(40)47-44(50-43)31-30-42-41-14-7-8-17-45(41)52-48(42)47/h1-31H. The summed E-state index contributed by atoms with van der Waals surface area (Å²) < 4.78 is 9.04. The van der Waals surface area contributed by atoms with Gasteiger partial charge in [0.1, 0.15) is 11.2 Å². The van der Waals surface area contributed by atoms with E-state index in [1.165, 1.54) is 57.4 Å². The van der Waals surface area contributed by atoms with Crippen molar-refractivity contribution in [3.8, 4) is 22.3 Å². The molecule has 10 aromatic rings. The lowest BCUT2D eigenvalue weighted by Crippen LogP contribution is -2.09. The van der Waals surface area contributed by atoms with Gasteiger partial charge in [0.2, 0.25) is 0 Å². The summed E-state index contributed by atoms with van der Waals surface area (Å²) in [6.07, 6.45) is 0. The molecular weight excluding hydrogens is 671 g/mol. The Bertz CT molecular complexity index is 2840. The number of hydrogen-bond acceptors (Lipinski definition) is 4. The van der Waals surface area contributed by atoms with Crippen molar-refractivity contribution >= 4 is 82.3 Å². The summed E-state index contributed by atoms with van der Waals surface area (Å²) in [4.78, 5) is 4.80. The number of benzene rings is 8. The molecule has 52 heavy (non-hydrogen) atoms. The van der Waals surface area contributed by atoms with E-state index in [0.29, 0.717) is 0 Å². The zero-order valence-electron chi connectivity index (χ0n) is 28.1. The fraction of sp³-hybridized carbons (Fsp3) is 0. The van der Waals surface area contributed by atoms with Crippen LogP contribution in [0.1, 0.15) is 0 Å². The van der Waals surface area contributed by atoms with E-state index in [1.54, 1.807) is 11.8 Å². The summed E-state index contributed by atoms with van der Waals surface area (Å²) in [5.74, 6) is 0. The Morgan fingerprint density at radius 1 is 0.404 bits per heavy atom. The number of anilines is 3. The average Bonchev–Trinajstić information content (AvgIpc) is 3.78. The summed E-state index contributed by atoms with van der Waals surface area (Å²) in [5, 5.41) is 4.95. The van der Waals surface area contributed by atoms with Crippen molar-refractivity contribution in [3.63, 3.8) is 0 Å². The maximum absolute atomic E-state index is 6.47. The molecule has 10 rings (SSSR count). The number of thiophene rings is 1. The first kappa shape index (κ1) is 30.7. The van der Waals surface area contributed by atoms with E-state index < -0.39 is 0 Å². The minimum Gasteiger partial charge on any atom is -0.456 e. The van der Waals surface area contributed by atoms with Crippen molar-refractivity contribution in [2.45, 2.75) is 9.79 Å². The number of nitrogens with zero attached hydrogens (tertiary/aromatic N) is 1. The van der Waals surface area contributed by atoms with E-state index in [2.05, 4.69) is 193 Å². The molecule has 0 amide bonds. The number of para-hydroxylation sites is 1. The lowest BCUT2D eigenvalue weighted by Gasteiger charge is -2.26. The first-order chi connectivity index (χ1) is 25.8. The fourth-order valence-corrected chi connectivity index (χ4v) is 9.37. The van der Waals surface area contributed by atoms with E-state index >= 15 is 0 Å². The topological polar surface area (TPSA) is 16.4 Å². The molecule has 0 saturated carbocycles. The molecule has 0 saturated heterocycles. The predicted octanol–water partition coefficient (Wildman–Crippen LogP) is 14.9. The maximum Gasteiger partial charge on any atom is 0.136 e. The SMILES string of the molecule is c1ccc(Sc2ccc(-c3ccc(N(c4ccccc4)c4ccc(-c5cccc6oc7ccc8c9ccccc9sc8c7c56)cc4)cc3)cc2)cc1. The Labute approximate surface area is 310 Å². The maximum atomic E-state index is 6.47. The van der Waals surface area contributed by atoms with Gasteiger partial charge in [0, 0.05) is 57.8 Å². The van der Waals surface area contributed by atoms with E-state index in [1.807, 2.05) is 11.3 Å². The number of fused-ring (bicyclic) bond motifs is 7. The Kier molecular flexibility index (Phi) is 7.63. The smallest absolute Gasteiger partial charge is 0.136 e. The van der Waals surface area contributed by atoms with Gasteiger partial charge in [-0.1, -0.05) is 115 Å². The summed E-state index contributed by atoms with van der Waals surface area (Å²) in [7, 11) is 0. The van der Waals surface area contributed by atoms with Crippen molar-refractivity contribution in [1.29, 1.82) is 0 Å². The molecule has 0 unspecified atom stereocenters. The lowest BCUT2D eigenvalue weighted by molar-refractivity contribution is 0.669. The van der Waals surface area contributed by atoms with Gasteiger partial charge in [0.15, 0.2) is 0 Å². The van der Waals surface area contributed by atoms with Crippen LogP contribution in [0.5, 0.6) is 0 Å². The number of rotatable bonds is 7. The van der Waals surface area contributed by atoms with Crippen LogP contribution < -0.4 is 4.90 Å². The van der Waals surface area contributed by atoms with Crippen LogP contribution in [0, 0.1) is 0 Å².